The first-order valence-electron chi connectivity index (χ1n) is 7.55. The molecule has 2 aromatic carbocycles. The highest BCUT2D eigenvalue weighted by Gasteiger charge is 2.36. The summed E-state index contributed by atoms with van der Waals surface area (Å²) >= 11 is 0. The Bertz CT molecular complexity index is 869. The number of likely N-dealkylation sites (N-methyl/N-ethyl adjacent to an activating group) is 2. The Labute approximate surface area is 134 Å². The Morgan fingerprint density at radius 2 is 1.52 bits per heavy atom. The van der Waals surface area contributed by atoms with E-state index in [9.17, 15) is 9.59 Å². The van der Waals surface area contributed by atoms with E-state index in [0.29, 0.717) is 5.57 Å². The van der Waals surface area contributed by atoms with Gasteiger partial charge in [-0.1, -0.05) is 42.5 Å². The third kappa shape index (κ3) is 1.84. The van der Waals surface area contributed by atoms with Crippen molar-refractivity contribution in [1.29, 1.82) is 0 Å². The molecule has 0 fully saturated rings. The van der Waals surface area contributed by atoms with Crippen molar-refractivity contribution in [2.75, 3.05) is 23.9 Å². The Hall–Kier alpha value is -2.88. The van der Waals surface area contributed by atoms with Gasteiger partial charge in [-0.05, 0) is 17.7 Å². The molecule has 23 heavy (non-hydrogen) atoms. The van der Waals surface area contributed by atoms with Crippen LogP contribution in [0.15, 0.2) is 54.6 Å². The van der Waals surface area contributed by atoms with E-state index < -0.39 is 5.92 Å². The van der Waals surface area contributed by atoms with Crippen LogP contribution in [0.5, 0.6) is 0 Å². The molecule has 0 saturated carbocycles. The molecule has 2 heterocycles. The molecular formula is C19H16N2O2. The van der Waals surface area contributed by atoms with E-state index in [0.717, 1.165) is 22.5 Å². The molecule has 4 heteroatoms. The number of para-hydroxylation sites is 2. The summed E-state index contributed by atoms with van der Waals surface area (Å²) in [5, 5.41) is 0. The topological polar surface area (TPSA) is 40.6 Å². The predicted molar refractivity (Wildman–Crippen MR) is 90.4 cm³/mol. The summed E-state index contributed by atoms with van der Waals surface area (Å²) in [7, 11) is 3.54. The van der Waals surface area contributed by atoms with Gasteiger partial charge in [0.1, 0.15) is 0 Å². The van der Waals surface area contributed by atoms with Crippen molar-refractivity contribution in [2.45, 2.75) is 5.92 Å². The Morgan fingerprint density at radius 3 is 2.30 bits per heavy atom. The standard InChI is InChI=1S/C19H16N2O2/c1-20-16-9-5-3-7-12(16)14(18(20)22)11-15-13-8-4-6-10-17(13)21(2)19(15)23/h3-11,14H,1-2H3. The van der Waals surface area contributed by atoms with Gasteiger partial charge in [-0.3, -0.25) is 9.59 Å². The smallest absolute Gasteiger partial charge is 0.258 e. The maximum Gasteiger partial charge on any atom is 0.258 e. The van der Waals surface area contributed by atoms with Crippen LogP contribution in [-0.2, 0) is 9.59 Å². The molecule has 1 unspecified atom stereocenters. The van der Waals surface area contributed by atoms with Gasteiger partial charge in [0.25, 0.3) is 5.91 Å². The molecule has 0 radical (unpaired) electrons. The van der Waals surface area contributed by atoms with Crippen LogP contribution in [0, 0.1) is 0 Å². The molecule has 0 aromatic heterocycles. The Morgan fingerprint density at radius 1 is 0.870 bits per heavy atom. The second-order valence-corrected chi connectivity index (χ2v) is 5.90. The number of rotatable bonds is 1. The average Bonchev–Trinajstić information content (AvgIpc) is 2.97. The summed E-state index contributed by atoms with van der Waals surface area (Å²) in [5.74, 6) is -0.473. The molecule has 114 valence electrons. The van der Waals surface area contributed by atoms with E-state index in [1.807, 2.05) is 54.6 Å². The van der Waals surface area contributed by atoms with Gasteiger partial charge in [0.2, 0.25) is 5.91 Å². The first kappa shape index (κ1) is 13.8. The van der Waals surface area contributed by atoms with Crippen molar-refractivity contribution in [1.82, 2.24) is 0 Å². The lowest BCUT2D eigenvalue weighted by Gasteiger charge is -2.09. The van der Waals surface area contributed by atoms with Crippen LogP contribution in [0.25, 0.3) is 5.57 Å². The first-order chi connectivity index (χ1) is 11.1. The van der Waals surface area contributed by atoms with Crippen LogP contribution < -0.4 is 9.80 Å². The normalized spacial score (nSPS) is 21.1. The highest BCUT2D eigenvalue weighted by molar-refractivity contribution is 6.33. The number of hydrogen-bond acceptors (Lipinski definition) is 2. The van der Waals surface area contributed by atoms with Crippen LogP contribution in [-0.4, -0.2) is 25.9 Å². The fraction of sp³-hybridized carbons (Fsp3) is 0.158. The van der Waals surface area contributed by atoms with Crippen LogP contribution in [0.1, 0.15) is 17.0 Å². The lowest BCUT2D eigenvalue weighted by atomic mass is 9.95. The van der Waals surface area contributed by atoms with Crippen molar-refractivity contribution in [3.05, 3.63) is 65.7 Å². The molecule has 0 N–H and O–H groups in total. The SMILES string of the molecule is CN1C(=O)C(=CC2C(=O)N(C)c3ccccc32)c2ccccc21. The third-order valence-electron chi connectivity index (χ3n) is 4.65. The minimum atomic E-state index is -0.408. The summed E-state index contributed by atoms with van der Waals surface area (Å²) < 4.78 is 0. The molecule has 4 rings (SSSR count). The second kappa shape index (κ2) is 4.81. The molecule has 2 aliphatic rings. The predicted octanol–water partition coefficient (Wildman–Crippen LogP) is 2.81. The van der Waals surface area contributed by atoms with Crippen LogP contribution in [0.2, 0.25) is 0 Å². The average molecular weight is 304 g/mol. The number of nitrogens with zero attached hydrogens (tertiary/aromatic N) is 2. The highest BCUT2D eigenvalue weighted by Crippen LogP contribution is 2.41. The minimum Gasteiger partial charge on any atom is -0.314 e. The summed E-state index contributed by atoms with van der Waals surface area (Å²) in [5.41, 5.74) is 4.24. The number of carbonyl (C=O) groups is 2. The number of fused-ring (bicyclic) bond motifs is 2. The molecule has 0 bridgehead atoms. The lowest BCUT2D eigenvalue weighted by molar-refractivity contribution is -0.118. The zero-order valence-corrected chi connectivity index (χ0v) is 13.0. The molecule has 2 amide bonds. The van der Waals surface area contributed by atoms with E-state index in [4.69, 9.17) is 0 Å². The largest absolute Gasteiger partial charge is 0.314 e. The van der Waals surface area contributed by atoms with Crippen LogP contribution in [0.4, 0.5) is 11.4 Å². The summed E-state index contributed by atoms with van der Waals surface area (Å²) in [6, 6.07) is 15.4. The van der Waals surface area contributed by atoms with Crippen molar-refractivity contribution in [3.8, 4) is 0 Å². The van der Waals surface area contributed by atoms with Gasteiger partial charge < -0.3 is 9.80 Å². The minimum absolute atomic E-state index is 0.00136. The fourth-order valence-electron chi connectivity index (χ4n) is 3.40. The van der Waals surface area contributed by atoms with Crippen molar-refractivity contribution in [3.63, 3.8) is 0 Å². The van der Waals surface area contributed by atoms with Gasteiger partial charge in [0.15, 0.2) is 0 Å². The highest BCUT2D eigenvalue weighted by atomic mass is 16.2. The molecule has 0 saturated heterocycles. The van der Waals surface area contributed by atoms with Crippen LogP contribution >= 0.6 is 0 Å². The molecule has 2 aromatic rings. The van der Waals surface area contributed by atoms with E-state index in [1.165, 1.54) is 0 Å². The molecule has 4 nitrogen and oxygen atoms in total. The third-order valence-corrected chi connectivity index (χ3v) is 4.65. The zero-order valence-electron chi connectivity index (χ0n) is 13.0. The maximum atomic E-state index is 12.6. The molecule has 1 atom stereocenters. The number of anilines is 2. The van der Waals surface area contributed by atoms with E-state index in [-0.39, 0.29) is 11.8 Å². The van der Waals surface area contributed by atoms with Gasteiger partial charge in [-0.2, -0.15) is 0 Å². The van der Waals surface area contributed by atoms with Crippen molar-refractivity contribution < 1.29 is 9.59 Å². The van der Waals surface area contributed by atoms with Gasteiger partial charge >= 0.3 is 0 Å². The fourth-order valence-corrected chi connectivity index (χ4v) is 3.40. The van der Waals surface area contributed by atoms with Gasteiger partial charge in [-0.25, -0.2) is 0 Å². The Kier molecular flexibility index (Phi) is 2.88. The zero-order chi connectivity index (χ0) is 16.1. The van der Waals surface area contributed by atoms with Crippen molar-refractivity contribution >= 4 is 28.8 Å². The first-order valence-corrected chi connectivity index (χ1v) is 7.55. The molecule has 2 aliphatic heterocycles. The lowest BCUT2D eigenvalue weighted by Crippen LogP contribution is -2.24. The second-order valence-electron chi connectivity index (χ2n) is 5.90. The van der Waals surface area contributed by atoms with Gasteiger partial charge in [-0.15, -0.1) is 0 Å². The van der Waals surface area contributed by atoms with E-state index in [1.54, 1.807) is 23.9 Å². The number of hydrogen-bond donors (Lipinski definition) is 0. The molecular weight excluding hydrogens is 288 g/mol. The number of amides is 2. The van der Waals surface area contributed by atoms with Gasteiger partial charge in [0, 0.05) is 30.9 Å². The van der Waals surface area contributed by atoms with E-state index >= 15 is 0 Å². The maximum absolute atomic E-state index is 12.6. The molecule has 0 spiro atoms. The monoisotopic (exact) mass is 304 g/mol. The number of carbonyl (C=O) groups excluding carboxylic acids is 2. The summed E-state index contributed by atoms with van der Waals surface area (Å²) in [6.07, 6.45) is 1.81. The number of benzene rings is 2. The van der Waals surface area contributed by atoms with Crippen molar-refractivity contribution in [2.24, 2.45) is 0 Å². The summed E-state index contributed by atoms with van der Waals surface area (Å²) in [6.45, 7) is 0. The Balaban J connectivity index is 1.86. The quantitative estimate of drug-likeness (QED) is 0.760. The van der Waals surface area contributed by atoms with E-state index in [2.05, 4.69) is 0 Å². The van der Waals surface area contributed by atoms with Crippen LogP contribution in [0.3, 0.4) is 0 Å². The molecule has 0 aliphatic carbocycles. The van der Waals surface area contributed by atoms with Gasteiger partial charge in [0.05, 0.1) is 11.6 Å². The summed E-state index contributed by atoms with van der Waals surface area (Å²) in [4.78, 5) is 28.5.